The number of alkyl halides is 3. The molecule has 11 nitrogen and oxygen atoms in total. The summed E-state index contributed by atoms with van der Waals surface area (Å²) in [5, 5.41) is 5.23. The summed E-state index contributed by atoms with van der Waals surface area (Å²) in [6.07, 6.45) is 0.120. The molecule has 3 aliphatic rings. The SMILES string of the molecule is CS(=O)(=O)Nc1ccc(Cl)cc1C(=O)N1CCCCC1c1cc2nc(N3CCC3)cc(N3CCN(CC(F)(F)F)CC3)n2n1. The lowest BCUT2D eigenvalue weighted by atomic mass is 9.98. The highest BCUT2D eigenvalue weighted by Crippen LogP contribution is 2.35. The fraction of sp³-hybridized carbons (Fsp3) is 0.536. The fourth-order valence-corrected chi connectivity index (χ4v) is 6.82. The molecular formula is C28H34ClF3N8O3S. The Kier molecular flexibility index (Phi) is 8.30. The first-order chi connectivity index (χ1) is 20.8. The predicted octanol–water partition coefficient (Wildman–Crippen LogP) is 4.02. The third-order valence-electron chi connectivity index (χ3n) is 8.31. The summed E-state index contributed by atoms with van der Waals surface area (Å²) in [7, 11) is -3.65. The summed E-state index contributed by atoms with van der Waals surface area (Å²) < 4.78 is 67.2. The van der Waals surface area contributed by atoms with Gasteiger partial charge in [0.05, 0.1) is 35.8 Å². The maximum atomic E-state index is 14.0. The van der Waals surface area contributed by atoms with E-state index in [2.05, 4.69) is 9.62 Å². The van der Waals surface area contributed by atoms with Crippen molar-refractivity contribution in [1.82, 2.24) is 24.4 Å². The van der Waals surface area contributed by atoms with Crippen LogP contribution in [0.3, 0.4) is 0 Å². The molecule has 3 aliphatic heterocycles. The predicted molar refractivity (Wildman–Crippen MR) is 162 cm³/mol. The number of amides is 1. The molecule has 1 aromatic carbocycles. The van der Waals surface area contributed by atoms with Crippen LogP contribution >= 0.6 is 11.6 Å². The topological polar surface area (TPSA) is 106 Å². The number of aromatic nitrogens is 3. The first kappa shape index (κ1) is 30.7. The molecule has 3 aromatic rings. The molecule has 1 atom stereocenters. The lowest BCUT2D eigenvalue weighted by Crippen LogP contribution is -2.49. The van der Waals surface area contributed by atoms with Crippen LogP contribution in [0.2, 0.25) is 5.02 Å². The second kappa shape index (κ2) is 11.9. The molecule has 238 valence electrons. The number of piperazine rings is 1. The van der Waals surface area contributed by atoms with Gasteiger partial charge in [0, 0.05) is 63.0 Å². The molecule has 1 N–H and O–H groups in total. The second-order valence-corrected chi connectivity index (χ2v) is 13.8. The third kappa shape index (κ3) is 6.69. The highest BCUT2D eigenvalue weighted by atomic mass is 35.5. The quantitative estimate of drug-likeness (QED) is 0.408. The maximum Gasteiger partial charge on any atom is 0.401 e. The van der Waals surface area contributed by atoms with Crippen molar-refractivity contribution < 1.29 is 26.4 Å². The Bertz CT molecular complexity index is 1660. The summed E-state index contributed by atoms with van der Waals surface area (Å²) in [5.41, 5.74) is 1.53. The number of benzene rings is 1. The van der Waals surface area contributed by atoms with Crippen molar-refractivity contribution in [2.24, 2.45) is 0 Å². The minimum Gasteiger partial charge on any atom is -0.356 e. The Morgan fingerprint density at radius 3 is 2.41 bits per heavy atom. The first-order valence-corrected chi connectivity index (χ1v) is 16.9. The second-order valence-electron chi connectivity index (χ2n) is 11.6. The summed E-state index contributed by atoms with van der Waals surface area (Å²) in [6.45, 7) is 2.61. The van der Waals surface area contributed by atoms with E-state index in [4.69, 9.17) is 21.7 Å². The van der Waals surface area contributed by atoms with E-state index in [1.165, 1.54) is 23.1 Å². The van der Waals surface area contributed by atoms with Crippen LogP contribution < -0.4 is 14.5 Å². The van der Waals surface area contributed by atoms with Crippen LogP contribution in [-0.2, 0) is 10.0 Å². The lowest BCUT2D eigenvalue weighted by Gasteiger charge is -2.37. The van der Waals surface area contributed by atoms with Crippen LogP contribution in [0.4, 0.5) is 30.5 Å². The van der Waals surface area contributed by atoms with Crippen molar-refractivity contribution >= 4 is 50.5 Å². The van der Waals surface area contributed by atoms with Crippen molar-refractivity contribution in [2.75, 3.05) is 73.1 Å². The zero-order valence-electron chi connectivity index (χ0n) is 24.2. The average molecular weight is 655 g/mol. The Morgan fingerprint density at radius 1 is 1.00 bits per heavy atom. The van der Waals surface area contributed by atoms with Gasteiger partial charge in [0.15, 0.2) is 5.65 Å². The van der Waals surface area contributed by atoms with Gasteiger partial charge in [-0.15, -0.1) is 0 Å². The van der Waals surface area contributed by atoms with Crippen molar-refractivity contribution in [2.45, 2.75) is 37.9 Å². The van der Waals surface area contributed by atoms with E-state index >= 15 is 0 Å². The summed E-state index contributed by atoms with van der Waals surface area (Å²) >= 11 is 6.23. The summed E-state index contributed by atoms with van der Waals surface area (Å²) in [5.74, 6) is 1.17. The number of carbonyl (C=O) groups excluding carboxylic acids is 1. The van der Waals surface area contributed by atoms with E-state index in [-0.39, 0.29) is 30.2 Å². The molecule has 1 unspecified atom stereocenters. The van der Waals surface area contributed by atoms with Crippen LogP contribution in [0.5, 0.6) is 0 Å². The number of sulfonamides is 1. The molecule has 5 heterocycles. The van der Waals surface area contributed by atoms with Crippen molar-refractivity contribution in [1.29, 1.82) is 0 Å². The average Bonchev–Trinajstić information content (AvgIpc) is 3.35. The maximum absolute atomic E-state index is 14.0. The molecule has 3 fully saturated rings. The van der Waals surface area contributed by atoms with Crippen molar-refractivity contribution in [3.05, 3.63) is 46.6 Å². The van der Waals surface area contributed by atoms with Gasteiger partial charge >= 0.3 is 6.18 Å². The molecule has 0 spiro atoms. The molecule has 6 rings (SSSR count). The molecule has 0 radical (unpaired) electrons. The number of carbonyl (C=O) groups is 1. The smallest absolute Gasteiger partial charge is 0.356 e. The Balaban J connectivity index is 1.33. The van der Waals surface area contributed by atoms with Crippen LogP contribution in [0.25, 0.3) is 5.65 Å². The highest BCUT2D eigenvalue weighted by Gasteiger charge is 2.35. The largest absolute Gasteiger partial charge is 0.401 e. The van der Waals surface area contributed by atoms with Gasteiger partial charge in [-0.1, -0.05) is 11.6 Å². The van der Waals surface area contributed by atoms with Crippen LogP contribution in [0, 0.1) is 0 Å². The van der Waals surface area contributed by atoms with Gasteiger partial charge in [-0.3, -0.25) is 14.4 Å². The number of fused-ring (bicyclic) bond motifs is 1. The minimum atomic E-state index is -4.25. The van der Waals surface area contributed by atoms with E-state index in [9.17, 15) is 26.4 Å². The van der Waals surface area contributed by atoms with Crippen LogP contribution in [0.15, 0.2) is 30.3 Å². The third-order valence-corrected chi connectivity index (χ3v) is 9.13. The van der Waals surface area contributed by atoms with Gasteiger partial charge < -0.3 is 14.7 Å². The van der Waals surface area contributed by atoms with Crippen LogP contribution in [0.1, 0.15) is 47.8 Å². The lowest BCUT2D eigenvalue weighted by molar-refractivity contribution is -0.146. The Hall–Kier alpha value is -3.30. The van der Waals surface area contributed by atoms with Gasteiger partial charge in [-0.25, -0.2) is 13.4 Å². The summed E-state index contributed by atoms with van der Waals surface area (Å²) in [4.78, 5) is 26.2. The molecule has 16 heteroatoms. The number of rotatable bonds is 7. The number of piperidine rings is 1. The number of halogens is 4. The van der Waals surface area contributed by atoms with Crippen molar-refractivity contribution in [3.63, 3.8) is 0 Å². The van der Waals surface area contributed by atoms with Gasteiger partial charge in [0.25, 0.3) is 5.91 Å². The van der Waals surface area contributed by atoms with Crippen molar-refractivity contribution in [3.8, 4) is 0 Å². The number of hydrogen-bond acceptors (Lipinski definition) is 8. The van der Waals surface area contributed by atoms with Gasteiger partial charge in [-0.05, 0) is 43.9 Å². The zero-order chi connectivity index (χ0) is 31.2. The van der Waals surface area contributed by atoms with E-state index in [1.807, 2.05) is 17.0 Å². The highest BCUT2D eigenvalue weighted by molar-refractivity contribution is 7.92. The van der Waals surface area contributed by atoms with E-state index < -0.39 is 28.8 Å². The molecule has 44 heavy (non-hydrogen) atoms. The Labute approximate surface area is 258 Å². The number of nitrogens with one attached hydrogen (secondary N) is 1. The van der Waals surface area contributed by atoms with Gasteiger partial charge in [0.1, 0.15) is 11.6 Å². The number of anilines is 3. The van der Waals surface area contributed by atoms with E-state index in [0.29, 0.717) is 42.4 Å². The number of nitrogens with zero attached hydrogens (tertiary/aromatic N) is 7. The standard InChI is InChI=1S/C28H34ClF3N8O3S/c1-44(42,43)35-21-7-6-19(29)15-20(21)27(41)39-10-3-2-5-23(39)22-16-25-33-24(37-8-4-9-37)17-26(40(25)34-22)38-13-11-36(12-14-38)18-28(30,31)32/h6-7,15-17,23,35H,2-5,8-14,18H2,1H3. The molecule has 2 aromatic heterocycles. The molecule has 0 bridgehead atoms. The van der Waals surface area contributed by atoms with E-state index in [0.717, 1.165) is 50.2 Å². The molecule has 0 aliphatic carbocycles. The van der Waals surface area contributed by atoms with Gasteiger partial charge in [0.2, 0.25) is 10.0 Å². The van der Waals surface area contributed by atoms with Gasteiger partial charge in [-0.2, -0.15) is 22.8 Å². The van der Waals surface area contributed by atoms with Crippen LogP contribution in [-0.4, -0.2) is 104 Å². The number of hydrogen-bond donors (Lipinski definition) is 1. The number of likely N-dealkylation sites (tertiary alicyclic amines) is 1. The molecule has 0 saturated carbocycles. The zero-order valence-corrected chi connectivity index (χ0v) is 25.8. The normalized spacial score (nSPS) is 20.2. The molecular weight excluding hydrogens is 621 g/mol. The van der Waals surface area contributed by atoms with E-state index in [1.54, 1.807) is 9.42 Å². The monoisotopic (exact) mass is 654 g/mol. The molecule has 3 saturated heterocycles. The summed E-state index contributed by atoms with van der Waals surface area (Å²) in [6, 6.07) is 7.88. The fourth-order valence-electron chi connectivity index (χ4n) is 6.07. The minimum absolute atomic E-state index is 0.147. The molecule has 1 amide bonds. The first-order valence-electron chi connectivity index (χ1n) is 14.6. The Morgan fingerprint density at radius 2 is 1.75 bits per heavy atom.